The summed E-state index contributed by atoms with van der Waals surface area (Å²) >= 11 is 1.53. The first kappa shape index (κ1) is 11.0. The smallest absolute Gasteiger partial charge is 0.338 e. The molecule has 0 fully saturated rings. The van der Waals surface area contributed by atoms with Gasteiger partial charge in [-0.1, -0.05) is 25.6 Å². The minimum absolute atomic E-state index is 0.124. The lowest BCUT2D eigenvalue weighted by molar-refractivity contribution is 0.0695. The van der Waals surface area contributed by atoms with E-state index in [1.54, 1.807) is 0 Å². The van der Waals surface area contributed by atoms with Crippen molar-refractivity contribution in [2.75, 3.05) is 5.75 Å². The topological polar surface area (TPSA) is 63.1 Å². The van der Waals surface area contributed by atoms with Gasteiger partial charge in [-0.2, -0.15) is 0 Å². The van der Waals surface area contributed by atoms with Gasteiger partial charge in [0.05, 0.1) is 5.56 Å². The van der Waals surface area contributed by atoms with Gasteiger partial charge in [-0.15, -0.1) is 0 Å². The van der Waals surface area contributed by atoms with Gasteiger partial charge in [0.1, 0.15) is 0 Å². The first-order valence-corrected chi connectivity index (χ1v) is 5.26. The van der Waals surface area contributed by atoms with E-state index in [9.17, 15) is 4.79 Å². The Kier molecular flexibility index (Phi) is 3.88. The maximum Gasteiger partial charge on any atom is 0.338 e. The van der Waals surface area contributed by atoms with E-state index in [0.29, 0.717) is 11.1 Å². The average Bonchev–Trinajstić information content (AvgIpc) is 2.15. The van der Waals surface area contributed by atoms with Crippen LogP contribution in [0.4, 0.5) is 0 Å². The molecule has 0 aliphatic heterocycles. The molecule has 0 aliphatic carbocycles. The molecule has 0 aliphatic rings. The molecule has 1 N–H and O–H groups in total. The Bertz CT molecular complexity index is 311. The van der Waals surface area contributed by atoms with Crippen molar-refractivity contribution in [3.63, 3.8) is 0 Å². The zero-order chi connectivity index (χ0) is 10.6. The van der Waals surface area contributed by atoms with Gasteiger partial charge >= 0.3 is 5.97 Å². The molecule has 0 amide bonds. The normalized spacial score (nSPS) is 10.5. The monoisotopic (exact) mass is 212 g/mol. The molecular weight excluding hydrogens is 200 g/mol. The largest absolute Gasteiger partial charge is 0.478 e. The second-order valence-corrected chi connectivity index (χ2v) is 4.25. The van der Waals surface area contributed by atoms with Crippen LogP contribution in [0.3, 0.4) is 0 Å². The molecule has 1 aromatic rings. The third kappa shape index (κ3) is 3.33. The Morgan fingerprint density at radius 3 is 2.50 bits per heavy atom. The van der Waals surface area contributed by atoms with Gasteiger partial charge in [-0.3, -0.25) is 0 Å². The predicted octanol–water partition coefficient (Wildman–Crippen LogP) is 1.92. The molecule has 1 rings (SSSR count). The van der Waals surface area contributed by atoms with Crippen molar-refractivity contribution < 1.29 is 9.90 Å². The zero-order valence-electron chi connectivity index (χ0n) is 8.10. The summed E-state index contributed by atoms with van der Waals surface area (Å²) < 4.78 is 0. The number of carboxylic acid groups (broad SMARTS) is 1. The molecule has 0 unspecified atom stereocenters. The molecule has 0 saturated heterocycles. The number of aromatic nitrogens is 2. The van der Waals surface area contributed by atoms with E-state index in [-0.39, 0.29) is 5.56 Å². The van der Waals surface area contributed by atoms with Gasteiger partial charge in [0.2, 0.25) is 0 Å². The van der Waals surface area contributed by atoms with E-state index < -0.39 is 5.97 Å². The molecule has 0 atom stereocenters. The van der Waals surface area contributed by atoms with Gasteiger partial charge in [-0.25, -0.2) is 14.8 Å². The van der Waals surface area contributed by atoms with Gasteiger partial charge in [0.25, 0.3) is 0 Å². The fourth-order valence-electron chi connectivity index (χ4n) is 0.742. The molecule has 4 nitrogen and oxygen atoms in total. The maximum atomic E-state index is 10.5. The van der Waals surface area contributed by atoms with Gasteiger partial charge < -0.3 is 5.11 Å². The highest BCUT2D eigenvalue weighted by Crippen LogP contribution is 2.15. The lowest BCUT2D eigenvalue weighted by Gasteiger charge is -2.02. The van der Waals surface area contributed by atoms with E-state index in [4.69, 9.17) is 5.11 Å². The van der Waals surface area contributed by atoms with Crippen molar-refractivity contribution in [1.82, 2.24) is 9.97 Å². The van der Waals surface area contributed by atoms with E-state index in [1.807, 2.05) is 0 Å². The number of aromatic carboxylic acids is 1. The van der Waals surface area contributed by atoms with E-state index in [2.05, 4.69) is 23.8 Å². The molecule has 0 spiro atoms. The highest BCUT2D eigenvalue weighted by atomic mass is 32.2. The predicted molar refractivity (Wildman–Crippen MR) is 54.6 cm³/mol. The molecule has 5 heteroatoms. The summed E-state index contributed by atoms with van der Waals surface area (Å²) in [6.07, 6.45) is 2.66. The fourth-order valence-corrected chi connectivity index (χ4v) is 1.48. The molecular formula is C9H12N2O2S. The second kappa shape index (κ2) is 4.95. The van der Waals surface area contributed by atoms with Crippen molar-refractivity contribution in [2.45, 2.75) is 19.0 Å². The average molecular weight is 212 g/mol. The summed E-state index contributed by atoms with van der Waals surface area (Å²) in [5.41, 5.74) is 0.124. The summed E-state index contributed by atoms with van der Waals surface area (Å²) in [4.78, 5) is 18.4. The van der Waals surface area contributed by atoms with Crippen molar-refractivity contribution in [2.24, 2.45) is 5.92 Å². The Morgan fingerprint density at radius 1 is 1.50 bits per heavy atom. The number of nitrogens with zero attached hydrogens (tertiary/aromatic N) is 2. The quantitative estimate of drug-likeness (QED) is 0.610. The maximum absolute atomic E-state index is 10.5. The molecule has 1 aromatic heterocycles. The minimum atomic E-state index is -0.995. The first-order valence-electron chi connectivity index (χ1n) is 4.27. The number of hydrogen-bond acceptors (Lipinski definition) is 4. The van der Waals surface area contributed by atoms with Crippen molar-refractivity contribution in [1.29, 1.82) is 0 Å². The number of thioether (sulfide) groups is 1. The van der Waals surface area contributed by atoms with Crippen LogP contribution in [-0.4, -0.2) is 26.8 Å². The SMILES string of the molecule is CC(C)CSc1ncc(C(=O)O)cn1. The Balaban J connectivity index is 2.60. The third-order valence-corrected chi connectivity index (χ3v) is 2.72. The van der Waals surface area contributed by atoms with Crippen LogP contribution >= 0.6 is 11.8 Å². The zero-order valence-corrected chi connectivity index (χ0v) is 8.91. The number of rotatable bonds is 4. The molecule has 14 heavy (non-hydrogen) atoms. The molecule has 0 radical (unpaired) electrons. The molecule has 76 valence electrons. The standard InChI is InChI=1S/C9H12N2O2S/c1-6(2)5-14-9-10-3-7(4-11-9)8(12)13/h3-4,6H,5H2,1-2H3,(H,12,13). The minimum Gasteiger partial charge on any atom is -0.478 e. The van der Waals surface area contributed by atoms with Crippen LogP contribution in [-0.2, 0) is 0 Å². The van der Waals surface area contributed by atoms with Gasteiger partial charge in [0.15, 0.2) is 5.16 Å². The molecule has 0 aromatic carbocycles. The summed E-state index contributed by atoms with van der Waals surface area (Å²) in [7, 11) is 0. The lowest BCUT2D eigenvalue weighted by atomic mass is 10.3. The van der Waals surface area contributed by atoms with Crippen LogP contribution in [0, 0.1) is 5.92 Å². The van der Waals surface area contributed by atoms with Crippen molar-refractivity contribution in [3.8, 4) is 0 Å². The van der Waals surface area contributed by atoms with Crippen molar-refractivity contribution in [3.05, 3.63) is 18.0 Å². The summed E-state index contributed by atoms with van der Waals surface area (Å²) in [6, 6.07) is 0. The van der Waals surface area contributed by atoms with Crippen LogP contribution in [0.5, 0.6) is 0 Å². The van der Waals surface area contributed by atoms with Crippen molar-refractivity contribution >= 4 is 17.7 Å². The number of carbonyl (C=O) groups is 1. The third-order valence-electron chi connectivity index (χ3n) is 1.42. The highest BCUT2D eigenvalue weighted by Gasteiger charge is 2.04. The van der Waals surface area contributed by atoms with Crippen LogP contribution in [0.2, 0.25) is 0 Å². The van der Waals surface area contributed by atoms with Gasteiger partial charge in [-0.05, 0) is 5.92 Å². The summed E-state index contributed by atoms with van der Waals surface area (Å²) in [6.45, 7) is 4.22. The van der Waals surface area contributed by atoms with Crippen LogP contribution < -0.4 is 0 Å². The van der Waals surface area contributed by atoms with Crippen LogP contribution in [0.15, 0.2) is 17.6 Å². The van der Waals surface area contributed by atoms with E-state index in [0.717, 1.165) is 5.75 Å². The summed E-state index contributed by atoms with van der Waals surface area (Å²) in [5, 5.41) is 9.24. The van der Waals surface area contributed by atoms with Crippen LogP contribution in [0.25, 0.3) is 0 Å². The number of carboxylic acids is 1. The Labute approximate surface area is 86.8 Å². The molecule has 0 bridgehead atoms. The fraction of sp³-hybridized carbons (Fsp3) is 0.444. The second-order valence-electron chi connectivity index (χ2n) is 3.26. The first-order chi connectivity index (χ1) is 6.59. The Morgan fingerprint density at radius 2 is 2.07 bits per heavy atom. The summed E-state index contributed by atoms with van der Waals surface area (Å²) in [5.74, 6) is 0.514. The van der Waals surface area contributed by atoms with E-state index in [1.165, 1.54) is 24.2 Å². The van der Waals surface area contributed by atoms with Crippen LogP contribution in [0.1, 0.15) is 24.2 Å². The highest BCUT2D eigenvalue weighted by molar-refractivity contribution is 7.99. The molecule has 0 saturated carbocycles. The Hall–Kier alpha value is -1.10. The molecule has 1 heterocycles. The van der Waals surface area contributed by atoms with Gasteiger partial charge in [0, 0.05) is 18.1 Å². The lowest BCUT2D eigenvalue weighted by Crippen LogP contribution is -2.00. The number of hydrogen-bond donors (Lipinski definition) is 1. The van der Waals surface area contributed by atoms with E-state index >= 15 is 0 Å².